The molecular weight excluding hydrogens is 388 g/mol. The highest BCUT2D eigenvalue weighted by molar-refractivity contribution is 9.10. The van der Waals surface area contributed by atoms with Crippen molar-refractivity contribution in [3.63, 3.8) is 0 Å². The Morgan fingerprint density at radius 2 is 1.85 bits per heavy atom. The average molecular weight is 413 g/mol. The molecule has 3 nitrogen and oxygen atoms in total. The average Bonchev–Trinajstić information content (AvgIpc) is 2.66. The van der Waals surface area contributed by atoms with Crippen LogP contribution in [0.1, 0.15) is 44.2 Å². The summed E-state index contributed by atoms with van der Waals surface area (Å²) in [5.74, 6) is 0.851. The smallest absolute Gasteiger partial charge is 0.148 e. The Hall–Kier alpha value is -1.91. The minimum absolute atomic E-state index is 0.225. The van der Waals surface area contributed by atoms with Gasteiger partial charge in [-0.1, -0.05) is 54.2 Å². The normalized spacial score (nSPS) is 12.5. The molecule has 1 aromatic heterocycles. The molecule has 4 heteroatoms. The second-order valence-corrected chi connectivity index (χ2v) is 7.50. The van der Waals surface area contributed by atoms with Gasteiger partial charge in [0.1, 0.15) is 5.75 Å². The van der Waals surface area contributed by atoms with Crippen LogP contribution in [0.15, 0.2) is 65.4 Å². The van der Waals surface area contributed by atoms with Crippen LogP contribution in [0.5, 0.6) is 5.75 Å². The molecule has 2 aromatic carbocycles. The summed E-state index contributed by atoms with van der Waals surface area (Å²) in [4.78, 5) is 10.4. The third-order valence-corrected chi connectivity index (χ3v) is 5.16. The summed E-state index contributed by atoms with van der Waals surface area (Å²) in [6, 6.07) is 16.9. The van der Waals surface area contributed by atoms with E-state index in [1.54, 1.807) is 0 Å². The van der Waals surface area contributed by atoms with E-state index < -0.39 is 0 Å². The maximum atomic E-state index is 6.20. The minimum Gasteiger partial charge on any atom is -0.406 e. The van der Waals surface area contributed by atoms with Gasteiger partial charge in [0.15, 0.2) is 0 Å². The number of halogens is 1. The summed E-state index contributed by atoms with van der Waals surface area (Å²) in [7, 11) is 2.02. The number of rotatable bonds is 8. The molecule has 0 aliphatic heterocycles. The van der Waals surface area contributed by atoms with Crippen LogP contribution in [0.3, 0.4) is 0 Å². The number of pyridine rings is 1. The van der Waals surface area contributed by atoms with E-state index in [9.17, 15) is 0 Å². The molecule has 0 spiro atoms. The van der Waals surface area contributed by atoms with Crippen molar-refractivity contribution in [3.8, 4) is 5.75 Å². The van der Waals surface area contributed by atoms with Gasteiger partial charge in [0.05, 0.1) is 6.04 Å². The fourth-order valence-corrected chi connectivity index (χ4v) is 3.44. The summed E-state index contributed by atoms with van der Waals surface area (Å²) in [6.45, 7) is 2.23. The third-order valence-electron chi connectivity index (χ3n) is 4.64. The predicted molar refractivity (Wildman–Crippen MR) is 111 cm³/mol. The number of hydrogen-bond acceptors (Lipinski definition) is 3. The van der Waals surface area contributed by atoms with Crippen molar-refractivity contribution in [1.29, 1.82) is 0 Å². The number of hydroxylamine groups is 2. The summed E-state index contributed by atoms with van der Waals surface area (Å²) in [5, 5.41) is 4.24. The second-order valence-electron chi connectivity index (χ2n) is 6.59. The van der Waals surface area contributed by atoms with Crippen LogP contribution in [-0.4, -0.2) is 17.1 Å². The van der Waals surface area contributed by atoms with Crippen LogP contribution in [0.25, 0.3) is 10.8 Å². The summed E-state index contributed by atoms with van der Waals surface area (Å²) in [5.41, 5.74) is 1.27. The minimum atomic E-state index is 0.225. The Kier molecular flexibility index (Phi) is 6.64. The summed E-state index contributed by atoms with van der Waals surface area (Å²) < 4.78 is 1.10. The second kappa shape index (κ2) is 9.15. The molecule has 26 heavy (non-hydrogen) atoms. The van der Waals surface area contributed by atoms with E-state index >= 15 is 0 Å². The molecule has 0 saturated heterocycles. The lowest BCUT2D eigenvalue weighted by molar-refractivity contribution is -0.0754. The first-order chi connectivity index (χ1) is 12.7. The van der Waals surface area contributed by atoms with Crippen LogP contribution in [0.4, 0.5) is 0 Å². The van der Waals surface area contributed by atoms with Gasteiger partial charge in [-0.05, 0) is 53.8 Å². The van der Waals surface area contributed by atoms with Gasteiger partial charge in [0.25, 0.3) is 0 Å². The van der Waals surface area contributed by atoms with E-state index in [1.165, 1.54) is 24.8 Å². The van der Waals surface area contributed by atoms with Crippen molar-refractivity contribution in [1.82, 2.24) is 10.0 Å². The molecule has 0 saturated carbocycles. The van der Waals surface area contributed by atoms with Gasteiger partial charge >= 0.3 is 0 Å². The van der Waals surface area contributed by atoms with E-state index in [-0.39, 0.29) is 6.04 Å². The Morgan fingerprint density at radius 1 is 1.04 bits per heavy atom. The fraction of sp³-hybridized carbons (Fsp3) is 0.318. The molecular formula is C22H25BrN2O. The first-order valence-corrected chi connectivity index (χ1v) is 9.96. The van der Waals surface area contributed by atoms with Crippen molar-refractivity contribution in [2.75, 3.05) is 7.05 Å². The highest BCUT2D eigenvalue weighted by Crippen LogP contribution is 2.29. The monoisotopic (exact) mass is 412 g/mol. The van der Waals surface area contributed by atoms with Crippen molar-refractivity contribution < 1.29 is 4.84 Å². The van der Waals surface area contributed by atoms with Crippen molar-refractivity contribution in [2.45, 2.75) is 38.6 Å². The molecule has 0 aliphatic rings. The van der Waals surface area contributed by atoms with Gasteiger partial charge in [0, 0.05) is 29.3 Å². The largest absolute Gasteiger partial charge is 0.406 e. The van der Waals surface area contributed by atoms with Crippen molar-refractivity contribution in [3.05, 3.63) is 71.0 Å². The van der Waals surface area contributed by atoms with Crippen molar-refractivity contribution in [2.24, 2.45) is 0 Å². The molecule has 0 bridgehead atoms. The lowest BCUT2D eigenvalue weighted by Gasteiger charge is -2.28. The molecule has 0 aliphatic carbocycles. The van der Waals surface area contributed by atoms with Gasteiger partial charge in [-0.25, -0.2) is 0 Å². The van der Waals surface area contributed by atoms with E-state index in [4.69, 9.17) is 4.84 Å². The van der Waals surface area contributed by atoms with Gasteiger partial charge in [-0.15, -0.1) is 5.06 Å². The molecule has 0 fully saturated rings. The number of hydrogen-bond donors (Lipinski definition) is 0. The Morgan fingerprint density at radius 3 is 2.62 bits per heavy atom. The number of fused-ring (bicyclic) bond motifs is 1. The van der Waals surface area contributed by atoms with Gasteiger partial charge in [0.2, 0.25) is 0 Å². The molecule has 0 amide bonds. The number of nitrogens with zero attached hydrogens (tertiary/aromatic N) is 2. The SMILES string of the molecule is CCCCCC(c1ccc(Br)cc1)N(C)Oc1ccc2cnccc2c1. The zero-order chi connectivity index (χ0) is 18.4. The van der Waals surface area contributed by atoms with Crippen LogP contribution in [0, 0.1) is 0 Å². The van der Waals surface area contributed by atoms with Crippen LogP contribution in [-0.2, 0) is 0 Å². The molecule has 1 atom stereocenters. The number of benzene rings is 2. The lowest BCUT2D eigenvalue weighted by atomic mass is 10.0. The van der Waals surface area contributed by atoms with E-state index in [1.807, 2.05) is 36.6 Å². The molecule has 1 heterocycles. The molecule has 3 aromatic rings. The number of aromatic nitrogens is 1. The fourth-order valence-electron chi connectivity index (χ4n) is 3.18. The quantitative estimate of drug-likeness (QED) is 0.310. The molecule has 0 radical (unpaired) electrons. The lowest BCUT2D eigenvalue weighted by Crippen LogP contribution is -2.28. The Balaban J connectivity index is 1.78. The first kappa shape index (κ1) is 18.9. The molecule has 3 rings (SSSR count). The maximum absolute atomic E-state index is 6.20. The Bertz CT molecular complexity index is 835. The highest BCUT2D eigenvalue weighted by Gasteiger charge is 2.19. The van der Waals surface area contributed by atoms with Gasteiger partial charge in [-0.2, -0.15) is 0 Å². The zero-order valence-electron chi connectivity index (χ0n) is 15.4. The van der Waals surface area contributed by atoms with E-state index in [0.717, 1.165) is 27.4 Å². The first-order valence-electron chi connectivity index (χ1n) is 9.17. The van der Waals surface area contributed by atoms with Crippen LogP contribution >= 0.6 is 15.9 Å². The van der Waals surface area contributed by atoms with Gasteiger partial charge in [-0.3, -0.25) is 4.98 Å². The number of unbranched alkanes of at least 4 members (excludes halogenated alkanes) is 2. The van der Waals surface area contributed by atoms with Crippen LogP contribution < -0.4 is 4.84 Å². The van der Waals surface area contributed by atoms with Crippen LogP contribution in [0.2, 0.25) is 0 Å². The maximum Gasteiger partial charge on any atom is 0.148 e. The van der Waals surface area contributed by atoms with E-state index in [2.05, 4.69) is 64.2 Å². The topological polar surface area (TPSA) is 25.4 Å². The summed E-state index contributed by atoms with van der Waals surface area (Å²) >= 11 is 3.52. The molecule has 136 valence electrons. The standard InChI is InChI=1S/C22H25BrN2O/c1-3-4-5-6-22(17-7-10-20(23)11-8-17)25(2)26-21-12-9-19-16-24-14-13-18(19)15-21/h7-16,22H,3-6H2,1-2H3. The van der Waals surface area contributed by atoms with E-state index in [0.29, 0.717) is 0 Å². The molecule has 1 unspecified atom stereocenters. The Labute approximate surface area is 164 Å². The molecule has 0 N–H and O–H groups in total. The van der Waals surface area contributed by atoms with Crippen molar-refractivity contribution >= 4 is 26.7 Å². The zero-order valence-corrected chi connectivity index (χ0v) is 16.9. The summed E-state index contributed by atoms with van der Waals surface area (Å²) in [6.07, 6.45) is 8.40. The van der Waals surface area contributed by atoms with Gasteiger partial charge < -0.3 is 4.84 Å². The third kappa shape index (κ3) is 4.83. The predicted octanol–water partition coefficient (Wildman–Crippen LogP) is 6.54. The highest BCUT2D eigenvalue weighted by atomic mass is 79.9.